The van der Waals surface area contributed by atoms with E-state index in [4.69, 9.17) is 27.9 Å². The molecule has 10 heteroatoms. The molecule has 0 spiro atoms. The molecule has 3 heterocycles. The van der Waals surface area contributed by atoms with Crippen LogP contribution in [0.1, 0.15) is 10.4 Å². The lowest BCUT2D eigenvalue weighted by molar-refractivity contribution is -0.127. The van der Waals surface area contributed by atoms with Gasteiger partial charge in [0.15, 0.2) is 0 Å². The molecule has 1 aromatic carbocycles. The first-order valence-corrected chi connectivity index (χ1v) is 11.7. The third-order valence-corrected chi connectivity index (χ3v) is 7.10. The molecule has 1 fully saturated rings. The second-order valence-electron chi connectivity index (χ2n) is 7.58. The van der Waals surface area contributed by atoms with Crippen molar-refractivity contribution < 1.29 is 9.53 Å². The summed E-state index contributed by atoms with van der Waals surface area (Å²) in [6, 6.07) is 7.33. The topological polar surface area (TPSA) is 81.5 Å². The zero-order chi connectivity index (χ0) is 23.5. The quantitative estimate of drug-likeness (QED) is 0.494. The van der Waals surface area contributed by atoms with Crippen molar-refractivity contribution in [3.63, 3.8) is 0 Å². The minimum Gasteiger partial charge on any atom is -0.495 e. The Morgan fingerprint density at radius 1 is 1.24 bits per heavy atom. The summed E-state index contributed by atoms with van der Waals surface area (Å²) in [4.78, 5) is 21.9. The van der Waals surface area contributed by atoms with Gasteiger partial charge in [-0.3, -0.25) is 9.78 Å². The summed E-state index contributed by atoms with van der Waals surface area (Å²) < 4.78 is 6.07. The SMILES string of the molecule is COc1cc(Nc2c(C#N)cnc3cc(/C=C/C(=O)N4CCN(C)CC4)sc23)c(Cl)cc1Cl. The van der Waals surface area contributed by atoms with Gasteiger partial charge in [0.25, 0.3) is 0 Å². The number of halogens is 2. The van der Waals surface area contributed by atoms with Gasteiger partial charge in [0.05, 0.1) is 44.3 Å². The highest BCUT2D eigenvalue weighted by Gasteiger charge is 2.18. The summed E-state index contributed by atoms with van der Waals surface area (Å²) in [5.41, 5.74) is 2.23. The average molecular weight is 502 g/mol. The number of nitrogens with zero attached hydrogens (tertiary/aromatic N) is 4. The molecule has 0 bridgehead atoms. The fourth-order valence-electron chi connectivity index (χ4n) is 3.49. The Balaban J connectivity index is 1.64. The summed E-state index contributed by atoms with van der Waals surface area (Å²) in [5.74, 6) is 0.453. The van der Waals surface area contributed by atoms with E-state index in [1.807, 2.05) is 11.0 Å². The van der Waals surface area contributed by atoms with Crippen molar-refractivity contribution in [3.05, 3.63) is 51.0 Å². The van der Waals surface area contributed by atoms with Crippen molar-refractivity contribution in [1.82, 2.24) is 14.8 Å². The van der Waals surface area contributed by atoms with E-state index in [0.717, 1.165) is 35.8 Å². The number of carbonyl (C=O) groups is 1. The highest BCUT2D eigenvalue weighted by molar-refractivity contribution is 7.20. The van der Waals surface area contributed by atoms with E-state index in [1.165, 1.54) is 24.6 Å². The Labute approximate surface area is 205 Å². The highest BCUT2D eigenvalue weighted by atomic mass is 35.5. The average Bonchev–Trinajstić information content (AvgIpc) is 3.23. The van der Waals surface area contributed by atoms with Crippen LogP contribution in [0, 0.1) is 11.3 Å². The van der Waals surface area contributed by atoms with Gasteiger partial charge in [-0.2, -0.15) is 5.26 Å². The Bertz CT molecular complexity index is 1280. The molecule has 3 aromatic rings. The second-order valence-corrected chi connectivity index (χ2v) is 9.47. The Hall–Kier alpha value is -2.83. The molecular weight excluding hydrogens is 481 g/mol. The lowest BCUT2D eigenvalue weighted by Gasteiger charge is -2.31. The molecule has 4 rings (SSSR count). The van der Waals surface area contributed by atoms with Crippen molar-refractivity contribution in [2.75, 3.05) is 45.7 Å². The van der Waals surface area contributed by atoms with Crippen LogP contribution in [-0.4, -0.2) is 61.0 Å². The molecule has 0 radical (unpaired) electrons. The van der Waals surface area contributed by atoms with E-state index in [9.17, 15) is 10.1 Å². The lowest BCUT2D eigenvalue weighted by Crippen LogP contribution is -2.46. The van der Waals surface area contributed by atoms with E-state index >= 15 is 0 Å². The van der Waals surface area contributed by atoms with Gasteiger partial charge in [-0.05, 0) is 25.3 Å². The van der Waals surface area contributed by atoms with E-state index < -0.39 is 0 Å². The number of likely N-dealkylation sites (N-methyl/N-ethyl adjacent to an activating group) is 1. The molecule has 1 aliphatic rings. The Morgan fingerprint density at radius 3 is 2.70 bits per heavy atom. The number of nitrogens with one attached hydrogen (secondary N) is 1. The van der Waals surface area contributed by atoms with Gasteiger partial charge >= 0.3 is 0 Å². The number of hydrogen-bond acceptors (Lipinski definition) is 7. The van der Waals surface area contributed by atoms with Crippen LogP contribution >= 0.6 is 34.5 Å². The number of piperazine rings is 1. The van der Waals surface area contributed by atoms with Crippen molar-refractivity contribution in [3.8, 4) is 11.8 Å². The first-order valence-electron chi connectivity index (χ1n) is 10.2. The summed E-state index contributed by atoms with van der Waals surface area (Å²) >= 11 is 14.0. The molecule has 33 heavy (non-hydrogen) atoms. The number of rotatable bonds is 5. The maximum Gasteiger partial charge on any atom is 0.246 e. The van der Waals surface area contributed by atoms with Crippen LogP contribution in [0.15, 0.2) is 30.5 Å². The molecule has 2 aromatic heterocycles. The highest BCUT2D eigenvalue weighted by Crippen LogP contribution is 2.40. The molecule has 170 valence electrons. The number of carbonyl (C=O) groups excluding carboxylic acids is 1. The predicted octanol–water partition coefficient (Wildman–Crippen LogP) is 5.01. The number of hydrogen-bond donors (Lipinski definition) is 1. The van der Waals surface area contributed by atoms with Crippen LogP contribution in [0.2, 0.25) is 10.0 Å². The van der Waals surface area contributed by atoms with E-state index in [-0.39, 0.29) is 5.91 Å². The van der Waals surface area contributed by atoms with Crippen LogP contribution in [0.25, 0.3) is 16.3 Å². The number of thiophene rings is 1. The zero-order valence-electron chi connectivity index (χ0n) is 18.1. The van der Waals surface area contributed by atoms with Crippen LogP contribution in [0.5, 0.6) is 5.75 Å². The summed E-state index contributed by atoms with van der Waals surface area (Å²) in [6.07, 6.45) is 4.90. The molecule has 0 saturated carbocycles. The number of benzene rings is 1. The maximum absolute atomic E-state index is 12.5. The van der Waals surface area contributed by atoms with Gasteiger partial charge in [0.2, 0.25) is 5.91 Å². The fraction of sp³-hybridized carbons (Fsp3) is 0.261. The van der Waals surface area contributed by atoms with E-state index in [0.29, 0.717) is 38.2 Å². The number of ether oxygens (including phenoxy) is 1. The zero-order valence-corrected chi connectivity index (χ0v) is 20.4. The minimum atomic E-state index is -0.00961. The standard InChI is InChI=1S/C23H21Cl2N5O2S/c1-29-5-7-30(8-6-29)21(31)4-3-15-9-19-23(33-15)22(14(12-26)13-27-19)28-18-11-20(32-2)17(25)10-16(18)24/h3-4,9-11,13H,5-8H2,1-2H3,(H,27,28)/b4-3+. The molecule has 1 saturated heterocycles. The van der Waals surface area contributed by atoms with Crippen molar-refractivity contribution in [2.24, 2.45) is 0 Å². The van der Waals surface area contributed by atoms with Crippen LogP contribution in [-0.2, 0) is 4.79 Å². The number of methoxy groups -OCH3 is 1. The van der Waals surface area contributed by atoms with Gasteiger partial charge in [0.1, 0.15) is 11.8 Å². The minimum absolute atomic E-state index is 0.00961. The summed E-state index contributed by atoms with van der Waals surface area (Å²) in [6.45, 7) is 3.18. The molecule has 0 unspecified atom stereocenters. The number of nitriles is 1. The monoisotopic (exact) mass is 501 g/mol. The van der Waals surface area contributed by atoms with Crippen LogP contribution in [0.3, 0.4) is 0 Å². The number of aromatic nitrogens is 1. The first-order chi connectivity index (χ1) is 15.9. The molecule has 1 amide bonds. The predicted molar refractivity (Wildman–Crippen MR) is 134 cm³/mol. The number of amides is 1. The molecule has 1 aliphatic heterocycles. The largest absolute Gasteiger partial charge is 0.495 e. The normalized spacial score (nSPS) is 14.6. The molecule has 7 nitrogen and oxygen atoms in total. The Morgan fingerprint density at radius 2 is 2.00 bits per heavy atom. The van der Waals surface area contributed by atoms with Gasteiger partial charge in [0, 0.05) is 49.4 Å². The van der Waals surface area contributed by atoms with Crippen molar-refractivity contribution >= 4 is 68.1 Å². The van der Waals surface area contributed by atoms with Crippen molar-refractivity contribution in [1.29, 1.82) is 5.26 Å². The molecule has 0 atom stereocenters. The van der Waals surface area contributed by atoms with Gasteiger partial charge in [-0.15, -0.1) is 11.3 Å². The lowest BCUT2D eigenvalue weighted by atomic mass is 10.2. The molecule has 0 aliphatic carbocycles. The Kier molecular flexibility index (Phi) is 7.05. The smallest absolute Gasteiger partial charge is 0.246 e. The van der Waals surface area contributed by atoms with Crippen LogP contribution < -0.4 is 10.1 Å². The molecule has 1 N–H and O–H groups in total. The van der Waals surface area contributed by atoms with Gasteiger partial charge < -0.3 is 19.9 Å². The summed E-state index contributed by atoms with van der Waals surface area (Å²) in [7, 11) is 3.57. The third kappa shape index (κ3) is 5.07. The van der Waals surface area contributed by atoms with E-state index in [2.05, 4.69) is 28.3 Å². The van der Waals surface area contributed by atoms with Crippen LogP contribution in [0.4, 0.5) is 11.4 Å². The first kappa shape index (κ1) is 23.3. The number of pyridine rings is 1. The fourth-order valence-corrected chi connectivity index (χ4v) is 5.02. The summed E-state index contributed by atoms with van der Waals surface area (Å²) in [5, 5.41) is 13.7. The number of anilines is 2. The molecular formula is C23H21Cl2N5O2S. The van der Waals surface area contributed by atoms with Gasteiger partial charge in [-0.25, -0.2) is 0 Å². The maximum atomic E-state index is 12.5. The van der Waals surface area contributed by atoms with Gasteiger partial charge in [-0.1, -0.05) is 23.2 Å². The van der Waals surface area contributed by atoms with E-state index in [1.54, 1.807) is 24.3 Å². The van der Waals surface area contributed by atoms with Crippen molar-refractivity contribution in [2.45, 2.75) is 0 Å². The second kappa shape index (κ2) is 9.98. The number of fused-ring (bicyclic) bond motifs is 1. The third-order valence-electron chi connectivity index (χ3n) is 5.39.